The molecule has 0 radical (unpaired) electrons. The monoisotopic (exact) mass is 234 g/mol. The number of hydrogen-bond acceptors (Lipinski definition) is 2. The van der Waals surface area contributed by atoms with Crippen LogP contribution < -0.4 is 0 Å². The molecule has 0 aliphatic carbocycles. The van der Waals surface area contributed by atoms with Gasteiger partial charge < -0.3 is 4.43 Å². The Morgan fingerprint density at radius 2 is 1.71 bits per heavy atom. The Kier molecular flexibility index (Phi) is 5.78. The number of thioether (sulfide) groups is 1. The lowest BCUT2D eigenvalue weighted by atomic mass is 10.2. The SMILES string of the molecule is CC(C)SCCO[Si](C)(C)C(C)(C)C. The highest BCUT2D eigenvalue weighted by molar-refractivity contribution is 7.99. The van der Waals surface area contributed by atoms with Crippen LogP contribution in [0.15, 0.2) is 0 Å². The van der Waals surface area contributed by atoms with E-state index in [2.05, 4.69) is 47.7 Å². The van der Waals surface area contributed by atoms with Crippen LogP contribution in [0, 0.1) is 0 Å². The molecule has 0 aliphatic rings. The maximum absolute atomic E-state index is 6.06. The van der Waals surface area contributed by atoms with Gasteiger partial charge in [-0.1, -0.05) is 34.6 Å². The predicted octanol–water partition coefficient (Wildman–Crippen LogP) is 4.15. The molecule has 3 heteroatoms. The molecule has 0 N–H and O–H groups in total. The molecule has 0 aromatic carbocycles. The molecule has 86 valence electrons. The zero-order chi connectivity index (χ0) is 11.4. The van der Waals surface area contributed by atoms with Crippen LogP contribution in [0.1, 0.15) is 34.6 Å². The van der Waals surface area contributed by atoms with Crippen molar-refractivity contribution in [2.24, 2.45) is 0 Å². The summed E-state index contributed by atoms with van der Waals surface area (Å²) in [6.45, 7) is 16.9. The molecular weight excluding hydrogens is 208 g/mol. The number of hydrogen-bond donors (Lipinski definition) is 0. The fourth-order valence-corrected chi connectivity index (χ4v) is 2.64. The zero-order valence-corrected chi connectivity index (χ0v) is 12.6. The van der Waals surface area contributed by atoms with Gasteiger partial charge in [0.05, 0.1) is 0 Å². The van der Waals surface area contributed by atoms with Gasteiger partial charge in [0.15, 0.2) is 8.32 Å². The molecule has 14 heavy (non-hydrogen) atoms. The van der Waals surface area contributed by atoms with Gasteiger partial charge in [-0.2, -0.15) is 11.8 Å². The average molecular weight is 234 g/mol. The van der Waals surface area contributed by atoms with Crippen molar-refractivity contribution in [2.75, 3.05) is 12.4 Å². The van der Waals surface area contributed by atoms with Crippen molar-refractivity contribution in [3.63, 3.8) is 0 Å². The zero-order valence-electron chi connectivity index (χ0n) is 10.8. The lowest BCUT2D eigenvalue weighted by molar-refractivity contribution is 0.311. The summed E-state index contributed by atoms with van der Waals surface area (Å²) in [7, 11) is -1.49. The Hall–Kier alpha value is 0.527. The van der Waals surface area contributed by atoms with Crippen LogP contribution in [0.3, 0.4) is 0 Å². The first kappa shape index (κ1) is 14.5. The normalized spacial score (nSPS) is 13.7. The molecule has 0 aliphatic heterocycles. The summed E-state index contributed by atoms with van der Waals surface area (Å²) in [5.74, 6) is 1.13. The molecular formula is C11H26OSSi. The first-order valence-electron chi connectivity index (χ1n) is 5.42. The molecule has 0 heterocycles. The van der Waals surface area contributed by atoms with E-state index >= 15 is 0 Å². The minimum absolute atomic E-state index is 0.343. The summed E-state index contributed by atoms with van der Waals surface area (Å²) < 4.78 is 6.06. The summed E-state index contributed by atoms with van der Waals surface area (Å²) in [5.41, 5.74) is 0. The minimum Gasteiger partial charge on any atom is -0.416 e. The predicted molar refractivity (Wildman–Crippen MR) is 70.7 cm³/mol. The van der Waals surface area contributed by atoms with E-state index in [0.717, 1.165) is 17.6 Å². The lowest BCUT2D eigenvalue weighted by Crippen LogP contribution is -2.41. The Morgan fingerprint density at radius 3 is 2.07 bits per heavy atom. The molecule has 0 amide bonds. The van der Waals surface area contributed by atoms with Crippen LogP contribution in [0.2, 0.25) is 18.1 Å². The van der Waals surface area contributed by atoms with E-state index in [1.54, 1.807) is 0 Å². The first-order valence-corrected chi connectivity index (χ1v) is 9.38. The first-order chi connectivity index (χ1) is 6.17. The van der Waals surface area contributed by atoms with E-state index in [1.807, 2.05) is 11.8 Å². The fraction of sp³-hybridized carbons (Fsp3) is 1.00. The molecule has 0 aromatic heterocycles. The largest absolute Gasteiger partial charge is 0.416 e. The molecule has 0 atom stereocenters. The van der Waals surface area contributed by atoms with Gasteiger partial charge in [-0.3, -0.25) is 0 Å². The average Bonchev–Trinajstić information content (AvgIpc) is 1.95. The van der Waals surface area contributed by atoms with Crippen LogP contribution in [0.4, 0.5) is 0 Å². The highest BCUT2D eigenvalue weighted by Gasteiger charge is 2.36. The van der Waals surface area contributed by atoms with Crippen LogP contribution in [0.25, 0.3) is 0 Å². The lowest BCUT2D eigenvalue weighted by Gasteiger charge is -2.36. The van der Waals surface area contributed by atoms with Crippen molar-refractivity contribution in [3.8, 4) is 0 Å². The summed E-state index contributed by atoms with van der Waals surface area (Å²) >= 11 is 1.98. The molecule has 0 bridgehead atoms. The van der Waals surface area contributed by atoms with Gasteiger partial charge in [0.25, 0.3) is 0 Å². The highest BCUT2D eigenvalue weighted by atomic mass is 32.2. The van der Waals surface area contributed by atoms with Gasteiger partial charge in [-0.05, 0) is 23.4 Å². The molecule has 0 saturated heterocycles. The van der Waals surface area contributed by atoms with Gasteiger partial charge in [0.1, 0.15) is 0 Å². The quantitative estimate of drug-likeness (QED) is 0.522. The van der Waals surface area contributed by atoms with E-state index < -0.39 is 8.32 Å². The summed E-state index contributed by atoms with van der Waals surface area (Å²) in [5, 5.41) is 1.06. The second-order valence-corrected chi connectivity index (χ2v) is 12.0. The Labute approximate surface area is 95.1 Å². The summed E-state index contributed by atoms with van der Waals surface area (Å²) in [6, 6.07) is 0. The van der Waals surface area contributed by atoms with Gasteiger partial charge in [0.2, 0.25) is 0 Å². The topological polar surface area (TPSA) is 9.23 Å². The molecule has 0 aromatic rings. The minimum atomic E-state index is -1.49. The third-order valence-electron chi connectivity index (χ3n) is 2.80. The van der Waals surface area contributed by atoms with Gasteiger partial charge in [-0.15, -0.1) is 0 Å². The van der Waals surface area contributed by atoms with E-state index in [9.17, 15) is 0 Å². The van der Waals surface area contributed by atoms with Crippen LogP contribution >= 0.6 is 11.8 Å². The maximum Gasteiger partial charge on any atom is 0.192 e. The van der Waals surface area contributed by atoms with Crippen LogP contribution in [-0.4, -0.2) is 25.9 Å². The van der Waals surface area contributed by atoms with Crippen molar-refractivity contribution in [3.05, 3.63) is 0 Å². The Balaban J connectivity index is 3.78. The van der Waals surface area contributed by atoms with Crippen molar-refractivity contribution in [2.45, 2.75) is 58.0 Å². The third-order valence-corrected chi connectivity index (χ3v) is 8.41. The number of rotatable bonds is 5. The standard InChI is InChI=1S/C11H26OSSi/c1-10(2)13-9-8-12-14(6,7)11(3,4)5/h10H,8-9H2,1-7H3. The van der Waals surface area contributed by atoms with Crippen molar-refractivity contribution >= 4 is 20.1 Å². The smallest absolute Gasteiger partial charge is 0.192 e. The summed E-state index contributed by atoms with van der Waals surface area (Å²) in [6.07, 6.45) is 0. The maximum atomic E-state index is 6.06. The van der Waals surface area contributed by atoms with Gasteiger partial charge >= 0.3 is 0 Å². The molecule has 1 nitrogen and oxygen atoms in total. The van der Waals surface area contributed by atoms with E-state index in [-0.39, 0.29) is 0 Å². The second kappa shape index (κ2) is 5.57. The van der Waals surface area contributed by atoms with E-state index in [0.29, 0.717) is 5.04 Å². The molecule has 0 saturated carbocycles. The van der Waals surface area contributed by atoms with E-state index in [1.165, 1.54) is 0 Å². The van der Waals surface area contributed by atoms with Crippen LogP contribution in [-0.2, 0) is 4.43 Å². The van der Waals surface area contributed by atoms with E-state index in [4.69, 9.17) is 4.43 Å². The summed E-state index contributed by atoms with van der Waals surface area (Å²) in [4.78, 5) is 0. The van der Waals surface area contributed by atoms with Gasteiger partial charge in [0, 0.05) is 12.4 Å². The molecule has 0 fully saturated rings. The van der Waals surface area contributed by atoms with Gasteiger partial charge in [-0.25, -0.2) is 0 Å². The van der Waals surface area contributed by atoms with Crippen molar-refractivity contribution < 1.29 is 4.43 Å². The molecule has 0 unspecified atom stereocenters. The van der Waals surface area contributed by atoms with Crippen molar-refractivity contribution in [1.82, 2.24) is 0 Å². The molecule has 0 spiro atoms. The Morgan fingerprint density at radius 1 is 1.21 bits per heavy atom. The third kappa shape index (κ3) is 5.42. The highest BCUT2D eigenvalue weighted by Crippen LogP contribution is 2.36. The Bertz CT molecular complexity index is 161. The van der Waals surface area contributed by atoms with Crippen molar-refractivity contribution in [1.29, 1.82) is 0 Å². The van der Waals surface area contributed by atoms with Crippen LogP contribution in [0.5, 0.6) is 0 Å². The second-order valence-electron chi connectivity index (χ2n) is 5.53. The fourth-order valence-electron chi connectivity index (χ4n) is 0.797. The molecule has 0 rings (SSSR count).